The fourth-order valence-electron chi connectivity index (χ4n) is 4.49. The molecular weight excluding hydrogens is 535 g/mol. The number of methoxy groups -OCH3 is 1. The Morgan fingerprint density at radius 1 is 1.08 bits per heavy atom. The van der Waals surface area contributed by atoms with E-state index in [2.05, 4.69) is 5.32 Å². The van der Waals surface area contributed by atoms with Gasteiger partial charge in [-0.25, -0.2) is 9.59 Å². The summed E-state index contributed by atoms with van der Waals surface area (Å²) in [4.78, 5) is 37.8. The lowest BCUT2D eigenvalue weighted by Crippen LogP contribution is -2.48. The Hall–Kier alpha value is -3.95. The molecule has 2 heterocycles. The van der Waals surface area contributed by atoms with E-state index in [4.69, 9.17) is 37.4 Å². The minimum absolute atomic E-state index is 0.00937. The number of fused-ring (bicyclic) bond motifs is 2. The van der Waals surface area contributed by atoms with Crippen molar-refractivity contribution in [1.82, 2.24) is 4.90 Å². The van der Waals surface area contributed by atoms with Crippen molar-refractivity contribution < 1.29 is 33.7 Å². The summed E-state index contributed by atoms with van der Waals surface area (Å²) < 4.78 is 16.6. The van der Waals surface area contributed by atoms with Crippen molar-refractivity contribution in [2.24, 2.45) is 0 Å². The monoisotopic (exact) mass is 556 g/mol. The molecule has 2 amide bonds. The molecule has 1 unspecified atom stereocenters. The fourth-order valence-corrected chi connectivity index (χ4v) is 4.81. The first-order valence-corrected chi connectivity index (χ1v) is 12.4. The summed E-state index contributed by atoms with van der Waals surface area (Å²) in [5, 5.41) is 13.4. The third-order valence-corrected chi connectivity index (χ3v) is 7.20. The number of carbonyl (C=O) groups excluding carboxylic acids is 2. The van der Waals surface area contributed by atoms with Gasteiger partial charge < -0.3 is 24.6 Å². The van der Waals surface area contributed by atoms with Crippen LogP contribution in [0.5, 0.6) is 11.5 Å². The number of nitrogens with one attached hydrogen (secondary N) is 1. The molecule has 11 heteroatoms. The van der Waals surface area contributed by atoms with Crippen LogP contribution in [0.2, 0.25) is 10.0 Å². The van der Waals surface area contributed by atoms with Gasteiger partial charge >= 0.3 is 12.1 Å². The number of nitrogens with zero attached hydrogens (tertiary/aromatic N) is 1. The Morgan fingerprint density at radius 2 is 1.84 bits per heavy atom. The van der Waals surface area contributed by atoms with E-state index in [1.165, 1.54) is 7.11 Å². The first-order chi connectivity index (χ1) is 18.2. The van der Waals surface area contributed by atoms with Crippen LogP contribution in [-0.2, 0) is 33.9 Å². The predicted molar refractivity (Wildman–Crippen MR) is 139 cm³/mol. The number of esters is 1. The molecule has 0 radical (unpaired) electrons. The SMILES string of the molecule is COC(=O)[C@@H]1Cc2cc3c(cc2CN1C(=O)O)OC(c1ccc(OCc2ccc(Cl)c(Cl)c2)cc1)C(=O)N3. The summed E-state index contributed by atoms with van der Waals surface area (Å²) in [7, 11) is 1.22. The van der Waals surface area contributed by atoms with Gasteiger partial charge in [0.25, 0.3) is 5.91 Å². The van der Waals surface area contributed by atoms with Gasteiger partial charge in [-0.2, -0.15) is 0 Å². The number of benzene rings is 3. The van der Waals surface area contributed by atoms with Crippen molar-refractivity contribution in [1.29, 1.82) is 0 Å². The lowest BCUT2D eigenvalue weighted by Gasteiger charge is -2.34. The summed E-state index contributed by atoms with van der Waals surface area (Å²) in [5.74, 6) is 0.0181. The zero-order valence-electron chi connectivity index (χ0n) is 20.1. The molecule has 0 saturated carbocycles. The number of halogens is 2. The predicted octanol–water partition coefficient (Wildman–Crippen LogP) is 5.22. The zero-order valence-corrected chi connectivity index (χ0v) is 21.6. The van der Waals surface area contributed by atoms with E-state index in [0.717, 1.165) is 16.0 Å². The Balaban J connectivity index is 1.31. The second-order valence-electron chi connectivity index (χ2n) is 8.86. The van der Waals surface area contributed by atoms with Gasteiger partial charge in [0.15, 0.2) is 0 Å². The van der Waals surface area contributed by atoms with Gasteiger partial charge in [0.1, 0.15) is 24.1 Å². The summed E-state index contributed by atoms with van der Waals surface area (Å²) >= 11 is 12.0. The average molecular weight is 557 g/mol. The Morgan fingerprint density at radius 3 is 2.53 bits per heavy atom. The third-order valence-electron chi connectivity index (χ3n) is 6.46. The number of hydrogen-bond acceptors (Lipinski definition) is 6. The molecule has 2 aliphatic rings. The third kappa shape index (κ3) is 5.07. The minimum atomic E-state index is -1.22. The molecule has 3 aromatic carbocycles. The smallest absolute Gasteiger partial charge is 0.408 e. The van der Waals surface area contributed by atoms with Gasteiger partial charge in [-0.05, 0) is 53.1 Å². The highest BCUT2D eigenvalue weighted by atomic mass is 35.5. The molecule has 5 rings (SSSR count). The van der Waals surface area contributed by atoms with Crippen molar-refractivity contribution in [3.05, 3.63) is 86.9 Å². The van der Waals surface area contributed by atoms with Gasteiger partial charge in [0, 0.05) is 12.0 Å². The van der Waals surface area contributed by atoms with Gasteiger partial charge in [-0.15, -0.1) is 0 Å². The van der Waals surface area contributed by atoms with Crippen LogP contribution in [0.3, 0.4) is 0 Å². The molecule has 38 heavy (non-hydrogen) atoms. The van der Waals surface area contributed by atoms with E-state index in [9.17, 15) is 19.5 Å². The maximum atomic E-state index is 12.9. The Labute approximate surface area is 227 Å². The maximum Gasteiger partial charge on any atom is 0.408 e. The van der Waals surface area contributed by atoms with E-state index in [0.29, 0.717) is 45.0 Å². The number of carbonyl (C=O) groups is 3. The van der Waals surface area contributed by atoms with Gasteiger partial charge in [0.05, 0.1) is 29.4 Å². The Bertz CT molecular complexity index is 1430. The number of ether oxygens (including phenoxy) is 3. The molecule has 196 valence electrons. The minimum Gasteiger partial charge on any atom is -0.489 e. The van der Waals surface area contributed by atoms with E-state index in [1.807, 2.05) is 6.07 Å². The van der Waals surface area contributed by atoms with E-state index in [-0.39, 0.29) is 18.9 Å². The van der Waals surface area contributed by atoms with Crippen LogP contribution in [0.25, 0.3) is 0 Å². The van der Waals surface area contributed by atoms with Crippen LogP contribution in [0.1, 0.15) is 28.4 Å². The zero-order chi connectivity index (χ0) is 27.0. The van der Waals surface area contributed by atoms with Crippen LogP contribution in [0.4, 0.5) is 10.5 Å². The highest BCUT2D eigenvalue weighted by molar-refractivity contribution is 6.42. The molecular formula is C27H22Cl2N2O7. The highest BCUT2D eigenvalue weighted by Gasteiger charge is 2.37. The molecule has 2 atom stereocenters. The van der Waals surface area contributed by atoms with Crippen molar-refractivity contribution in [2.45, 2.75) is 31.7 Å². The standard InChI is InChI=1S/C27H22Cl2N2O7/c1-36-26(33)22-10-16-9-21-23(11-17(16)12-31(22)27(34)35)38-24(25(32)30-21)15-3-5-18(6-4-15)37-13-14-2-7-19(28)20(29)8-14/h2-9,11,22,24H,10,12-13H2,1H3,(H,30,32)(H,34,35)/t22-,24?/m0/s1. The van der Waals surface area contributed by atoms with Crippen LogP contribution in [0, 0.1) is 0 Å². The normalized spacial score (nSPS) is 18.0. The average Bonchev–Trinajstić information content (AvgIpc) is 2.91. The molecule has 0 fully saturated rings. The van der Waals surface area contributed by atoms with Crippen LogP contribution in [-0.4, -0.2) is 41.1 Å². The molecule has 3 aromatic rings. The number of amides is 2. The second-order valence-corrected chi connectivity index (χ2v) is 9.68. The van der Waals surface area contributed by atoms with Crippen LogP contribution >= 0.6 is 23.2 Å². The van der Waals surface area contributed by atoms with Crippen LogP contribution < -0.4 is 14.8 Å². The van der Waals surface area contributed by atoms with Crippen molar-refractivity contribution in [2.75, 3.05) is 12.4 Å². The van der Waals surface area contributed by atoms with Crippen molar-refractivity contribution >= 4 is 46.9 Å². The number of rotatable bonds is 5. The van der Waals surface area contributed by atoms with E-state index < -0.39 is 24.2 Å². The maximum absolute atomic E-state index is 12.9. The quantitative estimate of drug-likeness (QED) is 0.414. The lowest BCUT2D eigenvalue weighted by molar-refractivity contribution is -0.146. The molecule has 0 bridgehead atoms. The van der Waals surface area contributed by atoms with Gasteiger partial charge in [-0.1, -0.05) is 41.4 Å². The first kappa shape index (κ1) is 25.7. The van der Waals surface area contributed by atoms with E-state index >= 15 is 0 Å². The largest absolute Gasteiger partial charge is 0.489 e. The van der Waals surface area contributed by atoms with Gasteiger partial charge in [-0.3, -0.25) is 9.69 Å². The summed E-state index contributed by atoms with van der Waals surface area (Å²) in [6.07, 6.45) is -2.01. The summed E-state index contributed by atoms with van der Waals surface area (Å²) in [6, 6.07) is 14.7. The molecule has 0 saturated heterocycles. The Kier molecular flexibility index (Phi) is 7.05. The molecule has 2 N–H and O–H groups in total. The number of carboxylic acid groups (broad SMARTS) is 1. The second kappa shape index (κ2) is 10.4. The van der Waals surface area contributed by atoms with Crippen molar-refractivity contribution in [3.8, 4) is 11.5 Å². The molecule has 9 nitrogen and oxygen atoms in total. The van der Waals surface area contributed by atoms with Crippen LogP contribution in [0.15, 0.2) is 54.6 Å². The molecule has 0 aromatic heterocycles. The van der Waals surface area contributed by atoms with Crippen molar-refractivity contribution in [3.63, 3.8) is 0 Å². The molecule has 2 aliphatic heterocycles. The molecule has 0 aliphatic carbocycles. The summed E-state index contributed by atoms with van der Waals surface area (Å²) in [6.45, 7) is 0.282. The first-order valence-electron chi connectivity index (χ1n) is 11.6. The summed E-state index contributed by atoms with van der Waals surface area (Å²) in [5.41, 5.74) is 3.36. The number of anilines is 1. The lowest BCUT2D eigenvalue weighted by atomic mass is 9.92. The molecule has 0 spiro atoms. The highest BCUT2D eigenvalue weighted by Crippen LogP contribution is 2.39. The van der Waals surface area contributed by atoms with E-state index in [1.54, 1.807) is 48.5 Å². The number of hydrogen-bond donors (Lipinski definition) is 2. The fraction of sp³-hybridized carbons (Fsp3) is 0.222. The topological polar surface area (TPSA) is 114 Å². The van der Waals surface area contributed by atoms with Gasteiger partial charge in [0.2, 0.25) is 6.10 Å².